The van der Waals surface area contributed by atoms with Gasteiger partial charge in [0.25, 0.3) is 0 Å². The number of hydrogen-bond acceptors (Lipinski definition) is 2. The summed E-state index contributed by atoms with van der Waals surface area (Å²) in [5.41, 5.74) is 7.01. The molecular formula is C17H26N2O. The SMILES string of the molecule is NCC(Cc1ccccc1)NC(=O)CC1CCCCC1. The number of carbonyl (C=O) groups is 1. The molecule has 1 aliphatic rings. The number of benzene rings is 1. The summed E-state index contributed by atoms with van der Waals surface area (Å²) < 4.78 is 0. The Bertz CT molecular complexity index is 399. The van der Waals surface area contributed by atoms with Crippen LogP contribution < -0.4 is 11.1 Å². The highest BCUT2D eigenvalue weighted by molar-refractivity contribution is 5.76. The zero-order valence-corrected chi connectivity index (χ0v) is 12.2. The predicted octanol–water partition coefficient (Wildman–Crippen LogP) is 2.64. The van der Waals surface area contributed by atoms with Gasteiger partial charge in [0.05, 0.1) is 0 Å². The van der Waals surface area contributed by atoms with Crippen LogP contribution in [0.2, 0.25) is 0 Å². The first-order valence-electron chi connectivity index (χ1n) is 7.81. The van der Waals surface area contributed by atoms with Crippen molar-refractivity contribution in [3.63, 3.8) is 0 Å². The van der Waals surface area contributed by atoms with E-state index in [1.807, 2.05) is 18.2 Å². The summed E-state index contributed by atoms with van der Waals surface area (Å²) in [5, 5.41) is 3.10. The van der Waals surface area contributed by atoms with Gasteiger partial charge in [0, 0.05) is 19.0 Å². The molecule has 1 fully saturated rings. The molecule has 0 aromatic heterocycles. The number of nitrogens with two attached hydrogens (primary N) is 1. The average molecular weight is 274 g/mol. The molecular weight excluding hydrogens is 248 g/mol. The molecule has 3 nitrogen and oxygen atoms in total. The molecule has 1 aliphatic carbocycles. The van der Waals surface area contributed by atoms with E-state index in [1.54, 1.807) is 0 Å². The van der Waals surface area contributed by atoms with Crippen LogP contribution in [0.5, 0.6) is 0 Å². The lowest BCUT2D eigenvalue weighted by Crippen LogP contribution is -2.42. The molecule has 3 N–H and O–H groups in total. The number of amides is 1. The largest absolute Gasteiger partial charge is 0.352 e. The van der Waals surface area contributed by atoms with Gasteiger partial charge in [0.2, 0.25) is 5.91 Å². The highest BCUT2D eigenvalue weighted by Gasteiger charge is 2.18. The topological polar surface area (TPSA) is 55.1 Å². The first-order valence-corrected chi connectivity index (χ1v) is 7.81. The predicted molar refractivity (Wildman–Crippen MR) is 82.3 cm³/mol. The first kappa shape index (κ1) is 15.0. The Hall–Kier alpha value is -1.35. The van der Waals surface area contributed by atoms with E-state index in [0.717, 1.165) is 6.42 Å². The van der Waals surface area contributed by atoms with Gasteiger partial charge >= 0.3 is 0 Å². The van der Waals surface area contributed by atoms with Crippen LogP contribution in [-0.2, 0) is 11.2 Å². The second-order valence-corrected chi connectivity index (χ2v) is 5.90. The summed E-state index contributed by atoms with van der Waals surface area (Å²) in [7, 11) is 0. The van der Waals surface area contributed by atoms with Crippen LogP contribution in [0.25, 0.3) is 0 Å². The van der Waals surface area contributed by atoms with Gasteiger partial charge in [-0.05, 0) is 30.7 Å². The van der Waals surface area contributed by atoms with Gasteiger partial charge in [-0.25, -0.2) is 0 Å². The molecule has 1 aromatic carbocycles. The lowest BCUT2D eigenvalue weighted by Gasteiger charge is -2.23. The average Bonchev–Trinajstić information content (AvgIpc) is 2.48. The van der Waals surface area contributed by atoms with Crippen molar-refractivity contribution in [1.29, 1.82) is 0 Å². The Balaban J connectivity index is 1.78. The van der Waals surface area contributed by atoms with Gasteiger partial charge in [-0.3, -0.25) is 4.79 Å². The van der Waals surface area contributed by atoms with E-state index in [-0.39, 0.29) is 11.9 Å². The molecule has 1 atom stereocenters. The smallest absolute Gasteiger partial charge is 0.220 e. The third-order valence-electron chi connectivity index (χ3n) is 4.17. The first-order chi connectivity index (χ1) is 9.78. The fraction of sp³-hybridized carbons (Fsp3) is 0.588. The summed E-state index contributed by atoms with van der Waals surface area (Å²) in [6.07, 6.45) is 7.79. The Morgan fingerprint density at radius 3 is 2.55 bits per heavy atom. The molecule has 3 heteroatoms. The molecule has 0 radical (unpaired) electrons. The molecule has 1 amide bonds. The monoisotopic (exact) mass is 274 g/mol. The van der Waals surface area contributed by atoms with Crippen molar-refractivity contribution in [3.8, 4) is 0 Å². The molecule has 1 aromatic rings. The molecule has 2 rings (SSSR count). The maximum Gasteiger partial charge on any atom is 0.220 e. The van der Waals surface area contributed by atoms with Gasteiger partial charge in [-0.1, -0.05) is 49.6 Å². The second-order valence-electron chi connectivity index (χ2n) is 5.90. The van der Waals surface area contributed by atoms with E-state index in [9.17, 15) is 4.79 Å². The van der Waals surface area contributed by atoms with Gasteiger partial charge in [0.1, 0.15) is 0 Å². The maximum absolute atomic E-state index is 12.1. The van der Waals surface area contributed by atoms with Crippen LogP contribution >= 0.6 is 0 Å². The molecule has 0 heterocycles. The molecule has 1 unspecified atom stereocenters. The van der Waals surface area contributed by atoms with Crippen molar-refractivity contribution >= 4 is 5.91 Å². The number of nitrogens with one attached hydrogen (secondary N) is 1. The summed E-state index contributed by atoms with van der Waals surface area (Å²) in [4.78, 5) is 12.1. The van der Waals surface area contributed by atoms with E-state index in [0.29, 0.717) is 18.9 Å². The Morgan fingerprint density at radius 1 is 1.20 bits per heavy atom. The van der Waals surface area contributed by atoms with Crippen LogP contribution in [0, 0.1) is 5.92 Å². The van der Waals surface area contributed by atoms with E-state index in [2.05, 4.69) is 17.4 Å². The molecule has 0 aliphatic heterocycles. The summed E-state index contributed by atoms with van der Waals surface area (Å²) in [6.45, 7) is 0.491. The lowest BCUT2D eigenvalue weighted by atomic mass is 9.87. The van der Waals surface area contributed by atoms with Crippen molar-refractivity contribution in [1.82, 2.24) is 5.32 Å². The standard InChI is InChI=1S/C17H26N2O/c18-13-16(11-14-7-3-1-4-8-14)19-17(20)12-15-9-5-2-6-10-15/h1,3-4,7-8,15-16H,2,5-6,9-13,18H2,(H,19,20). The van der Waals surface area contributed by atoms with E-state index < -0.39 is 0 Å². The third kappa shape index (κ3) is 4.97. The van der Waals surface area contributed by atoms with Gasteiger partial charge in [-0.15, -0.1) is 0 Å². The molecule has 1 saturated carbocycles. The van der Waals surface area contributed by atoms with Crippen molar-refractivity contribution in [2.75, 3.05) is 6.54 Å². The van der Waals surface area contributed by atoms with Crippen LogP contribution in [0.4, 0.5) is 0 Å². The summed E-state index contributed by atoms with van der Waals surface area (Å²) in [5.74, 6) is 0.752. The molecule has 0 spiro atoms. The highest BCUT2D eigenvalue weighted by atomic mass is 16.1. The summed E-state index contributed by atoms with van der Waals surface area (Å²) >= 11 is 0. The normalized spacial score (nSPS) is 17.6. The maximum atomic E-state index is 12.1. The van der Waals surface area contributed by atoms with Crippen molar-refractivity contribution in [2.45, 2.75) is 51.0 Å². The van der Waals surface area contributed by atoms with E-state index in [4.69, 9.17) is 5.73 Å². The van der Waals surface area contributed by atoms with E-state index >= 15 is 0 Å². The van der Waals surface area contributed by atoms with Crippen LogP contribution in [-0.4, -0.2) is 18.5 Å². The molecule has 0 bridgehead atoms. The quantitative estimate of drug-likeness (QED) is 0.838. The minimum Gasteiger partial charge on any atom is -0.352 e. The zero-order chi connectivity index (χ0) is 14.2. The van der Waals surface area contributed by atoms with Gasteiger partial charge < -0.3 is 11.1 Å². The lowest BCUT2D eigenvalue weighted by molar-refractivity contribution is -0.122. The minimum absolute atomic E-state index is 0.0495. The van der Waals surface area contributed by atoms with Crippen molar-refractivity contribution in [3.05, 3.63) is 35.9 Å². The van der Waals surface area contributed by atoms with Crippen LogP contribution in [0.3, 0.4) is 0 Å². The fourth-order valence-electron chi connectivity index (χ4n) is 3.03. The van der Waals surface area contributed by atoms with Crippen molar-refractivity contribution in [2.24, 2.45) is 11.7 Å². The molecule has 20 heavy (non-hydrogen) atoms. The molecule has 110 valence electrons. The molecule has 0 saturated heterocycles. The Labute approximate surface area is 121 Å². The van der Waals surface area contributed by atoms with Gasteiger partial charge in [0.15, 0.2) is 0 Å². The second kappa shape index (κ2) is 8.05. The van der Waals surface area contributed by atoms with Crippen LogP contribution in [0.1, 0.15) is 44.1 Å². The van der Waals surface area contributed by atoms with Gasteiger partial charge in [-0.2, -0.15) is 0 Å². The van der Waals surface area contributed by atoms with E-state index in [1.165, 1.54) is 37.7 Å². The number of rotatable bonds is 6. The number of hydrogen-bond donors (Lipinski definition) is 2. The Kier molecular flexibility index (Phi) is 6.06. The highest BCUT2D eigenvalue weighted by Crippen LogP contribution is 2.26. The summed E-state index contributed by atoms with van der Waals surface area (Å²) in [6, 6.07) is 10.3. The Morgan fingerprint density at radius 2 is 1.90 bits per heavy atom. The minimum atomic E-state index is 0.0495. The van der Waals surface area contributed by atoms with Crippen LogP contribution in [0.15, 0.2) is 30.3 Å². The number of carbonyl (C=O) groups excluding carboxylic acids is 1. The van der Waals surface area contributed by atoms with Crippen molar-refractivity contribution < 1.29 is 4.79 Å². The zero-order valence-electron chi connectivity index (χ0n) is 12.2. The third-order valence-corrected chi connectivity index (χ3v) is 4.17. The fourth-order valence-corrected chi connectivity index (χ4v) is 3.03.